The van der Waals surface area contributed by atoms with Gasteiger partial charge in [0.2, 0.25) is 0 Å². The van der Waals surface area contributed by atoms with Crippen LogP contribution in [0.2, 0.25) is 0 Å². The first-order valence-electron chi connectivity index (χ1n) is 6.42. The molecule has 0 fully saturated rings. The number of aryl methyl sites for hydroxylation is 1. The number of rotatable bonds is 3. The van der Waals surface area contributed by atoms with Crippen molar-refractivity contribution in [2.75, 3.05) is 11.9 Å². The monoisotopic (exact) mass is 272 g/mol. The first-order valence-corrected chi connectivity index (χ1v) is 7.58. The van der Waals surface area contributed by atoms with Crippen LogP contribution in [0.25, 0.3) is 11.4 Å². The number of anilines is 1. The molecule has 0 bridgehead atoms. The normalized spacial score (nSPS) is 13.4. The fourth-order valence-corrected chi connectivity index (χ4v) is 3.14. The third kappa shape index (κ3) is 2.42. The van der Waals surface area contributed by atoms with Crippen molar-refractivity contribution < 1.29 is 0 Å². The molecule has 1 aliphatic rings. The number of thioether (sulfide) groups is 1. The third-order valence-electron chi connectivity index (χ3n) is 3.09. The maximum atomic E-state index is 4.68. The van der Waals surface area contributed by atoms with Crippen LogP contribution < -0.4 is 5.32 Å². The summed E-state index contributed by atoms with van der Waals surface area (Å²) in [6, 6.07) is 4.02. The SMILES string of the molecule is CCNc1nc(-c2ccc(C)nc2)nc2c1CSC2. The number of pyridine rings is 1. The van der Waals surface area contributed by atoms with Crippen molar-refractivity contribution in [3.05, 3.63) is 35.3 Å². The van der Waals surface area contributed by atoms with Crippen LogP contribution in [-0.2, 0) is 11.5 Å². The molecule has 98 valence electrons. The van der Waals surface area contributed by atoms with E-state index in [1.165, 1.54) is 5.56 Å². The summed E-state index contributed by atoms with van der Waals surface area (Å²) in [5.41, 5.74) is 4.40. The zero-order valence-electron chi connectivity index (χ0n) is 11.1. The maximum Gasteiger partial charge on any atom is 0.163 e. The summed E-state index contributed by atoms with van der Waals surface area (Å²) in [5.74, 6) is 3.73. The summed E-state index contributed by atoms with van der Waals surface area (Å²) in [6.07, 6.45) is 1.84. The van der Waals surface area contributed by atoms with Crippen molar-refractivity contribution in [3.63, 3.8) is 0 Å². The van der Waals surface area contributed by atoms with Crippen LogP contribution in [-0.4, -0.2) is 21.5 Å². The molecule has 0 unspecified atom stereocenters. The molecule has 2 aromatic rings. The van der Waals surface area contributed by atoms with Gasteiger partial charge in [-0.25, -0.2) is 9.97 Å². The Hall–Kier alpha value is -1.62. The van der Waals surface area contributed by atoms with Crippen LogP contribution >= 0.6 is 11.8 Å². The molecule has 0 aromatic carbocycles. The number of hydrogen-bond acceptors (Lipinski definition) is 5. The Balaban J connectivity index is 2.07. The second-order valence-electron chi connectivity index (χ2n) is 4.53. The minimum atomic E-state index is 0.768. The van der Waals surface area contributed by atoms with Crippen molar-refractivity contribution in [3.8, 4) is 11.4 Å². The molecule has 1 N–H and O–H groups in total. The number of nitrogens with one attached hydrogen (secondary N) is 1. The molecule has 0 spiro atoms. The van der Waals surface area contributed by atoms with Crippen LogP contribution in [0.3, 0.4) is 0 Å². The fourth-order valence-electron chi connectivity index (χ4n) is 2.09. The average molecular weight is 272 g/mol. The highest BCUT2D eigenvalue weighted by molar-refractivity contribution is 7.98. The van der Waals surface area contributed by atoms with Crippen molar-refractivity contribution in [1.29, 1.82) is 0 Å². The lowest BCUT2D eigenvalue weighted by molar-refractivity contribution is 1.04. The molecule has 4 nitrogen and oxygen atoms in total. The number of nitrogens with zero attached hydrogens (tertiary/aromatic N) is 3. The molecule has 0 atom stereocenters. The van der Waals surface area contributed by atoms with Crippen LogP contribution in [0.15, 0.2) is 18.3 Å². The largest absolute Gasteiger partial charge is 0.370 e. The highest BCUT2D eigenvalue weighted by atomic mass is 32.2. The molecule has 2 aromatic heterocycles. The van der Waals surface area contributed by atoms with Gasteiger partial charge in [0.25, 0.3) is 0 Å². The molecule has 0 amide bonds. The van der Waals surface area contributed by atoms with Gasteiger partial charge in [0.1, 0.15) is 5.82 Å². The van der Waals surface area contributed by atoms with Gasteiger partial charge < -0.3 is 5.32 Å². The van der Waals surface area contributed by atoms with Gasteiger partial charge in [-0.15, -0.1) is 0 Å². The fraction of sp³-hybridized carbons (Fsp3) is 0.357. The van der Waals surface area contributed by atoms with E-state index in [2.05, 4.69) is 27.2 Å². The van der Waals surface area contributed by atoms with Gasteiger partial charge in [0.15, 0.2) is 5.82 Å². The zero-order chi connectivity index (χ0) is 13.2. The summed E-state index contributed by atoms with van der Waals surface area (Å²) < 4.78 is 0. The van der Waals surface area contributed by atoms with Gasteiger partial charge in [-0.3, -0.25) is 4.98 Å². The van der Waals surface area contributed by atoms with Crippen LogP contribution in [0.4, 0.5) is 5.82 Å². The maximum absolute atomic E-state index is 4.68. The lowest BCUT2D eigenvalue weighted by Gasteiger charge is -2.10. The average Bonchev–Trinajstić information content (AvgIpc) is 2.88. The smallest absolute Gasteiger partial charge is 0.163 e. The van der Waals surface area contributed by atoms with Gasteiger partial charge in [-0.05, 0) is 26.0 Å². The van der Waals surface area contributed by atoms with Crippen molar-refractivity contribution in [2.24, 2.45) is 0 Å². The minimum Gasteiger partial charge on any atom is -0.370 e. The minimum absolute atomic E-state index is 0.768. The van der Waals surface area contributed by atoms with E-state index in [4.69, 9.17) is 0 Å². The van der Waals surface area contributed by atoms with Crippen LogP contribution in [0.5, 0.6) is 0 Å². The molecule has 3 rings (SSSR count). The molecule has 19 heavy (non-hydrogen) atoms. The highest BCUT2D eigenvalue weighted by Gasteiger charge is 2.19. The van der Waals surface area contributed by atoms with Gasteiger partial charge >= 0.3 is 0 Å². The molecule has 0 aliphatic carbocycles. The number of hydrogen-bond donors (Lipinski definition) is 1. The molecule has 5 heteroatoms. The van der Waals surface area contributed by atoms with E-state index in [1.807, 2.05) is 37.0 Å². The Morgan fingerprint density at radius 1 is 1.26 bits per heavy atom. The summed E-state index contributed by atoms with van der Waals surface area (Å²) >= 11 is 1.89. The molecule has 3 heterocycles. The van der Waals surface area contributed by atoms with Gasteiger partial charge in [0, 0.05) is 41.1 Å². The van der Waals surface area contributed by atoms with Gasteiger partial charge in [-0.2, -0.15) is 11.8 Å². The first-order chi connectivity index (χ1) is 9.28. The standard InChI is InChI=1S/C14H16N4S/c1-3-15-14-11-7-19-8-12(11)17-13(18-14)10-5-4-9(2)16-6-10/h4-6H,3,7-8H2,1-2H3,(H,15,17,18). The van der Waals surface area contributed by atoms with E-state index in [0.29, 0.717) is 0 Å². The Kier molecular flexibility index (Phi) is 3.38. The molecule has 0 saturated heterocycles. The Labute approximate surface area is 117 Å². The second-order valence-corrected chi connectivity index (χ2v) is 5.52. The predicted octanol–water partition coefficient (Wildman–Crippen LogP) is 3.03. The molecule has 0 saturated carbocycles. The van der Waals surface area contributed by atoms with Crippen LogP contribution in [0.1, 0.15) is 23.9 Å². The lowest BCUT2D eigenvalue weighted by Crippen LogP contribution is -2.06. The molecule has 1 aliphatic heterocycles. The van der Waals surface area contributed by atoms with Crippen LogP contribution in [0, 0.1) is 6.92 Å². The third-order valence-corrected chi connectivity index (χ3v) is 4.06. The first kappa shape index (κ1) is 12.4. The highest BCUT2D eigenvalue weighted by Crippen LogP contribution is 2.34. The van der Waals surface area contributed by atoms with E-state index in [9.17, 15) is 0 Å². The van der Waals surface area contributed by atoms with Crippen molar-refractivity contribution >= 4 is 17.6 Å². The Bertz CT molecular complexity index is 595. The quantitative estimate of drug-likeness (QED) is 0.930. The van der Waals surface area contributed by atoms with E-state index in [-0.39, 0.29) is 0 Å². The summed E-state index contributed by atoms with van der Waals surface area (Å²) in [6.45, 7) is 4.94. The van der Waals surface area contributed by atoms with E-state index in [0.717, 1.165) is 46.6 Å². The zero-order valence-corrected chi connectivity index (χ0v) is 11.9. The lowest BCUT2D eigenvalue weighted by atomic mass is 10.2. The number of fused-ring (bicyclic) bond motifs is 1. The van der Waals surface area contributed by atoms with E-state index in [1.54, 1.807) is 0 Å². The summed E-state index contributed by atoms with van der Waals surface area (Å²) in [4.78, 5) is 13.7. The molecule has 0 radical (unpaired) electrons. The van der Waals surface area contributed by atoms with Gasteiger partial charge in [-0.1, -0.05) is 0 Å². The van der Waals surface area contributed by atoms with Crippen molar-refractivity contribution in [2.45, 2.75) is 25.4 Å². The van der Waals surface area contributed by atoms with E-state index >= 15 is 0 Å². The Morgan fingerprint density at radius 3 is 2.89 bits per heavy atom. The van der Waals surface area contributed by atoms with Crippen molar-refractivity contribution in [1.82, 2.24) is 15.0 Å². The van der Waals surface area contributed by atoms with Gasteiger partial charge in [0.05, 0.1) is 5.69 Å². The predicted molar refractivity (Wildman–Crippen MR) is 79.2 cm³/mol. The summed E-state index contributed by atoms with van der Waals surface area (Å²) in [5, 5.41) is 3.34. The Morgan fingerprint density at radius 2 is 2.16 bits per heavy atom. The second kappa shape index (κ2) is 5.17. The molecular formula is C14H16N4S. The molecular weight excluding hydrogens is 256 g/mol. The van der Waals surface area contributed by atoms with E-state index < -0.39 is 0 Å². The topological polar surface area (TPSA) is 50.7 Å². The number of aromatic nitrogens is 3. The summed E-state index contributed by atoms with van der Waals surface area (Å²) in [7, 11) is 0.